The number of hydrogen-bond acceptors (Lipinski definition) is 0. The van der Waals surface area contributed by atoms with Crippen LogP contribution in [0, 0.1) is 5.92 Å². The average molecular weight is 136 g/mol. The van der Waals surface area contributed by atoms with Gasteiger partial charge in [-0.05, 0) is 24.5 Å². The summed E-state index contributed by atoms with van der Waals surface area (Å²) in [6.07, 6.45) is 9.39. The molecule has 0 amide bonds. The van der Waals surface area contributed by atoms with Gasteiger partial charge in [0.1, 0.15) is 0 Å². The largest absolute Gasteiger partial charge is 0.125 e. The third-order valence-electron chi connectivity index (χ3n) is 1.24. The maximum absolute atomic E-state index is 3.04. The van der Waals surface area contributed by atoms with Gasteiger partial charge >= 0.3 is 0 Å². The fourth-order valence-electron chi connectivity index (χ4n) is 0.701. The summed E-state index contributed by atoms with van der Waals surface area (Å²) in [6, 6.07) is 0. The molecule has 1 aliphatic carbocycles. The van der Waals surface area contributed by atoms with Gasteiger partial charge in [0.05, 0.1) is 0 Å². The standard InChI is InChI=1S/C8H10.C2H6/c1-8-6-4-2-3-5-7-8;1-2/h2,4-6,8H,7H2,1H3;1-2H3. The van der Waals surface area contributed by atoms with Gasteiger partial charge in [-0.2, -0.15) is 0 Å². The molecule has 1 atom stereocenters. The van der Waals surface area contributed by atoms with Crippen LogP contribution in [-0.4, -0.2) is 0 Å². The maximum Gasteiger partial charge on any atom is -0.0206 e. The van der Waals surface area contributed by atoms with Crippen molar-refractivity contribution in [1.29, 1.82) is 0 Å². The van der Waals surface area contributed by atoms with Crippen molar-refractivity contribution in [2.75, 3.05) is 0 Å². The van der Waals surface area contributed by atoms with Crippen molar-refractivity contribution in [3.63, 3.8) is 0 Å². The van der Waals surface area contributed by atoms with E-state index in [1.165, 1.54) is 0 Å². The fraction of sp³-hybridized carbons (Fsp3) is 0.500. The predicted molar refractivity (Wildman–Crippen MR) is 46.9 cm³/mol. The molecule has 0 nitrogen and oxygen atoms in total. The molecule has 0 aromatic rings. The molecule has 0 spiro atoms. The van der Waals surface area contributed by atoms with E-state index in [0.717, 1.165) is 6.42 Å². The minimum Gasteiger partial charge on any atom is -0.125 e. The van der Waals surface area contributed by atoms with E-state index in [4.69, 9.17) is 0 Å². The van der Waals surface area contributed by atoms with Crippen molar-refractivity contribution in [2.45, 2.75) is 27.2 Å². The molecule has 0 heteroatoms. The first-order valence-electron chi connectivity index (χ1n) is 3.97. The van der Waals surface area contributed by atoms with E-state index in [1.54, 1.807) is 0 Å². The summed E-state index contributed by atoms with van der Waals surface area (Å²) < 4.78 is 0. The van der Waals surface area contributed by atoms with Gasteiger partial charge in [-0.25, -0.2) is 0 Å². The van der Waals surface area contributed by atoms with Crippen LogP contribution in [0.1, 0.15) is 27.2 Å². The highest BCUT2D eigenvalue weighted by Gasteiger charge is 1.91. The van der Waals surface area contributed by atoms with Gasteiger partial charge in [-0.15, -0.1) is 5.73 Å². The highest BCUT2D eigenvalue weighted by atomic mass is 14.0. The van der Waals surface area contributed by atoms with Crippen LogP contribution in [0.25, 0.3) is 0 Å². The minimum absolute atomic E-state index is 0.696. The molecular formula is C10H16. The molecule has 0 aromatic carbocycles. The fourth-order valence-corrected chi connectivity index (χ4v) is 0.701. The molecule has 1 unspecified atom stereocenters. The predicted octanol–water partition coefficient (Wildman–Crippen LogP) is 3.32. The molecule has 1 rings (SSSR count). The lowest BCUT2D eigenvalue weighted by Gasteiger charge is -1.95. The van der Waals surface area contributed by atoms with E-state index in [-0.39, 0.29) is 0 Å². The topological polar surface area (TPSA) is 0 Å². The lowest BCUT2D eigenvalue weighted by Crippen LogP contribution is -1.82. The first kappa shape index (κ1) is 9.26. The Hall–Kier alpha value is -0.740. The Morgan fingerprint density at radius 2 is 2.10 bits per heavy atom. The molecular weight excluding hydrogens is 120 g/mol. The Labute approximate surface area is 64.0 Å². The molecule has 0 fully saturated rings. The first-order valence-corrected chi connectivity index (χ1v) is 3.97. The van der Waals surface area contributed by atoms with Gasteiger partial charge < -0.3 is 0 Å². The van der Waals surface area contributed by atoms with Crippen molar-refractivity contribution >= 4 is 0 Å². The van der Waals surface area contributed by atoms with E-state index in [9.17, 15) is 0 Å². The van der Waals surface area contributed by atoms with E-state index in [2.05, 4.69) is 24.8 Å². The van der Waals surface area contributed by atoms with Gasteiger partial charge in [0.2, 0.25) is 0 Å². The van der Waals surface area contributed by atoms with Crippen molar-refractivity contribution in [2.24, 2.45) is 5.92 Å². The molecule has 0 saturated carbocycles. The van der Waals surface area contributed by atoms with E-state index < -0.39 is 0 Å². The molecule has 0 aliphatic heterocycles. The van der Waals surface area contributed by atoms with Crippen LogP contribution in [0.3, 0.4) is 0 Å². The monoisotopic (exact) mass is 136 g/mol. The molecule has 0 N–H and O–H groups in total. The Balaban J connectivity index is 0.000000371. The third kappa shape index (κ3) is 4.17. The van der Waals surface area contributed by atoms with Crippen LogP contribution in [0.2, 0.25) is 0 Å². The molecule has 10 heavy (non-hydrogen) atoms. The Morgan fingerprint density at radius 3 is 2.80 bits per heavy atom. The zero-order chi connectivity index (χ0) is 7.82. The SMILES string of the molecule is CC.CC1C=CC=C=CC1. The second-order valence-corrected chi connectivity index (χ2v) is 2.14. The lowest BCUT2D eigenvalue weighted by molar-refractivity contribution is 0.747. The smallest absolute Gasteiger partial charge is 0.0206 e. The normalized spacial score (nSPS) is 21.3. The van der Waals surface area contributed by atoms with Crippen LogP contribution in [0.15, 0.2) is 30.0 Å². The van der Waals surface area contributed by atoms with Crippen molar-refractivity contribution < 1.29 is 0 Å². The highest BCUT2D eigenvalue weighted by Crippen LogP contribution is 2.05. The van der Waals surface area contributed by atoms with Crippen LogP contribution >= 0.6 is 0 Å². The van der Waals surface area contributed by atoms with Crippen molar-refractivity contribution in [3.05, 3.63) is 30.0 Å². The molecule has 0 radical (unpaired) electrons. The quantitative estimate of drug-likeness (QED) is 0.448. The van der Waals surface area contributed by atoms with Crippen molar-refractivity contribution in [1.82, 2.24) is 0 Å². The Morgan fingerprint density at radius 1 is 1.40 bits per heavy atom. The van der Waals surface area contributed by atoms with Gasteiger partial charge in [0.25, 0.3) is 0 Å². The Kier molecular flexibility index (Phi) is 5.91. The van der Waals surface area contributed by atoms with E-state index in [1.807, 2.05) is 26.0 Å². The summed E-state index contributed by atoms with van der Waals surface area (Å²) in [5.74, 6) is 0.696. The zero-order valence-electron chi connectivity index (χ0n) is 7.09. The second-order valence-electron chi connectivity index (χ2n) is 2.14. The lowest BCUT2D eigenvalue weighted by atomic mass is 10.1. The average Bonchev–Trinajstić information content (AvgIpc) is 2.21. The van der Waals surface area contributed by atoms with Crippen LogP contribution in [0.4, 0.5) is 0 Å². The molecule has 0 saturated heterocycles. The summed E-state index contributed by atoms with van der Waals surface area (Å²) >= 11 is 0. The number of hydrogen-bond donors (Lipinski definition) is 0. The van der Waals surface area contributed by atoms with Crippen LogP contribution in [-0.2, 0) is 0 Å². The minimum atomic E-state index is 0.696. The molecule has 0 bridgehead atoms. The van der Waals surface area contributed by atoms with Crippen LogP contribution < -0.4 is 0 Å². The number of allylic oxidation sites excluding steroid dienone is 3. The van der Waals surface area contributed by atoms with Gasteiger partial charge in [-0.1, -0.05) is 32.9 Å². The summed E-state index contributed by atoms with van der Waals surface area (Å²) in [6.45, 7) is 6.20. The first-order chi connectivity index (χ1) is 4.89. The van der Waals surface area contributed by atoms with Crippen molar-refractivity contribution in [3.8, 4) is 0 Å². The summed E-state index contributed by atoms with van der Waals surface area (Å²) in [5.41, 5.74) is 3.04. The molecule has 0 heterocycles. The van der Waals surface area contributed by atoms with Crippen LogP contribution in [0.5, 0.6) is 0 Å². The Bertz CT molecular complexity index is 145. The highest BCUT2D eigenvalue weighted by molar-refractivity contribution is 5.07. The zero-order valence-corrected chi connectivity index (χ0v) is 7.09. The number of rotatable bonds is 0. The van der Waals surface area contributed by atoms with E-state index in [0.29, 0.717) is 5.92 Å². The van der Waals surface area contributed by atoms with Gasteiger partial charge in [0, 0.05) is 0 Å². The van der Waals surface area contributed by atoms with Gasteiger partial charge in [-0.3, -0.25) is 0 Å². The van der Waals surface area contributed by atoms with E-state index >= 15 is 0 Å². The van der Waals surface area contributed by atoms with Gasteiger partial charge in [0.15, 0.2) is 0 Å². The molecule has 0 aromatic heterocycles. The maximum atomic E-state index is 3.04. The summed E-state index contributed by atoms with van der Waals surface area (Å²) in [4.78, 5) is 0. The third-order valence-corrected chi connectivity index (χ3v) is 1.24. The molecule has 1 aliphatic rings. The second kappa shape index (κ2) is 6.38. The molecule has 56 valence electrons. The summed E-state index contributed by atoms with van der Waals surface area (Å²) in [7, 11) is 0. The summed E-state index contributed by atoms with van der Waals surface area (Å²) in [5, 5.41) is 0.